The number of carbonyl (C=O) groups is 1. The van der Waals surface area contributed by atoms with Crippen molar-refractivity contribution < 1.29 is 44.9 Å². The van der Waals surface area contributed by atoms with E-state index in [9.17, 15) is 35.4 Å². The summed E-state index contributed by atoms with van der Waals surface area (Å²) >= 11 is 0. The number of fused-ring (bicyclic) bond motifs is 7. The number of aliphatic carboxylic acids is 1. The molecule has 45 heavy (non-hydrogen) atoms. The second-order valence-corrected chi connectivity index (χ2v) is 17.3. The highest BCUT2D eigenvalue weighted by Crippen LogP contribution is 2.78. The minimum Gasteiger partial charge on any atom is -0.478 e. The molecule has 0 unspecified atom stereocenters. The van der Waals surface area contributed by atoms with Gasteiger partial charge in [-0.25, -0.2) is 4.79 Å². The van der Waals surface area contributed by atoms with Crippen LogP contribution in [0, 0.1) is 56.7 Å². The molecule has 6 rings (SSSR count). The zero-order chi connectivity index (χ0) is 32.9. The number of ether oxygens (including phenoxy) is 2. The van der Waals surface area contributed by atoms with Crippen LogP contribution in [-0.4, -0.2) is 86.6 Å². The molecular weight excluding hydrogens is 576 g/mol. The maximum atomic E-state index is 11.9. The van der Waals surface area contributed by atoms with E-state index in [1.807, 2.05) is 0 Å². The quantitative estimate of drug-likeness (QED) is 0.239. The number of aliphatic hydroxyl groups excluding tert-OH is 5. The molecular formula is C36H58O9. The topological polar surface area (TPSA) is 157 Å². The number of carboxylic acid groups (broad SMARTS) is 1. The number of hydrogen-bond acceptors (Lipinski definition) is 8. The predicted octanol–water partition coefficient (Wildman–Crippen LogP) is 3.89. The molecule has 0 aromatic heterocycles. The van der Waals surface area contributed by atoms with E-state index in [-0.39, 0.29) is 40.1 Å². The lowest BCUT2D eigenvalue weighted by atomic mass is 9.32. The average Bonchev–Trinajstić information content (AvgIpc) is 3.34. The van der Waals surface area contributed by atoms with Crippen LogP contribution >= 0.6 is 0 Å². The van der Waals surface area contributed by atoms with Gasteiger partial charge in [0.25, 0.3) is 0 Å². The van der Waals surface area contributed by atoms with Crippen LogP contribution in [0.25, 0.3) is 0 Å². The van der Waals surface area contributed by atoms with Gasteiger partial charge in [0.2, 0.25) is 0 Å². The summed E-state index contributed by atoms with van der Waals surface area (Å²) in [7, 11) is 0. The van der Waals surface area contributed by atoms with Gasteiger partial charge in [-0.15, -0.1) is 0 Å². The zero-order valence-corrected chi connectivity index (χ0v) is 28.0. The molecule has 9 heteroatoms. The van der Waals surface area contributed by atoms with Gasteiger partial charge < -0.3 is 40.1 Å². The fraction of sp³-hybridized carbons (Fsp3) is 0.917. The Bertz CT molecular complexity index is 1180. The van der Waals surface area contributed by atoms with Gasteiger partial charge in [0, 0.05) is 11.0 Å². The third-order valence-corrected chi connectivity index (χ3v) is 15.9. The molecule has 256 valence electrons. The van der Waals surface area contributed by atoms with Gasteiger partial charge in [-0.1, -0.05) is 41.2 Å². The van der Waals surface area contributed by atoms with E-state index in [2.05, 4.69) is 41.2 Å². The first-order valence-electron chi connectivity index (χ1n) is 17.5. The lowest BCUT2D eigenvalue weighted by molar-refractivity contribution is -0.317. The smallest absolute Gasteiger partial charge is 0.331 e. The van der Waals surface area contributed by atoms with Crippen molar-refractivity contribution in [3.8, 4) is 0 Å². The molecule has 1 aliphatic heterocycles. The van der Waals surface area contributed by atoms with Gasteiger partial charge in [-0.3, -0.25) is 0 Å². The third-order valence-electron chi connectivity index (χ3n) is 15.9. The van der Waals surface area contributed by atoms with Crippen LogP contribution in [0.15, 0.2) is 12.2 Å². The molecule has 5 saturated carbocycles. The molecule has 1 saturated heterocycles. The van der Waals surface area contributed by atoms with Crippen LogP contribution < -0.4 is 0 Å². The Morgan fingerprint density at radius 2 is 1.38 bits per heavy atom. The van der Waals surface area contributed by atoms with Crippen LogP contribution in [0.1, 0.15) is 98.8 Å². The lowest BCUT2D eigenvalue weighted by Crippen LogP contribution is -2.68. The first-order valence-corrected chi connectivity index (χ1v) is 17.5. The van der Waals surface area contributed by atoms with Crippen LogP contribution in [0.4, 0.5) is 0 Å². The molecule has 9 nitrogen and oxygen atoms in total. The molecule has 1 heterocycles. The zero-order valence-electron chi connectivity index (χ0n) is 28.0. The highest BCUT2D eigenvalue weighted by molar-refractivity contribution is 5.86. The van der Waals surface area contributed by atoms with Crippen LogP contribution in [-0.2, 0) is 14.3 Å². The van der Waals surface area contributed by atoms with Crippen LogP contribution in [0.3, 0.4) is 0 Å². The SMILES string of the molecule is C=C(C(=O)O)[C@H]1CC[C@]2(C)[C@H]3CC[C@@H]4[C@@]5(C)CC[C@H](O)[C@](C)(CO[C@H]6O[C@H](CO)[C@@H](O)[C@H](O)[C@H]6O)[C@@H]5CC[C@@]4(C)[C@]3(C)CC[C@@H]12. The number of aliphatic hydroxyl groups is 5. The Hall–Kier alpha value is -1.07. The standard InChI is InChI=1S/C36H58O9/c1-19(30(42)43)20-9-13-32(2)21(20)10-15-35(5)24(32)7-8-25-33(3)14-12-26(38)34(4,23(33)11-16-36(25,35)6)18-44-31-29(41)28(40)27(39)22(17-37)45-31/h20-29,31,37-41H,1,7-18H2,2-6H3,(H,42,43)/t20-,21+,22-,23-,24-,25-,26+,27-,28+,29-,31+,32+,33+,34-,35-,36-/m1/s1. The van der Waals surface area contributed by atoms with E-state index in [4.69, 9.17) is 9.47 Å². The Kier molecular flexibility index (Phi) is 8.45. The highest BCUT2D eigenvalue weighted by atomic mass is 16.7. The maximum absolute atomic E-state index is 11.9. The van der Waals surface area contributed by atoms with E-state index < -0.39 is 54.8 Å². The van der Waals surface area contributed by atoms with Crippen molar-refractivity contribution in [1.82, 2.24) is 0 Å². The molecule has 0 spiro atoms. The van der Waals surface area contributed by atoms with Gasteiger partial charge in [0.15, 0.2) is 6.29 Å². The van der Waals surface area contributed by atoms with Crippen molar-refractivity contribution in [2.75, 3.05) is 13.2 Å². The molecule has 0 radical (unpaired) electrons. The van der Waals surface area contributed by atoms with Crippen LogP contribution in [0.5, 0.6) is 0 Å². The first-order chi connectivity index (χ1) is 21.0. The molecule has 0 aromatic rings. The van der Waals surface area contributed by atoms with E-state index in [1.165, 1.54) is 0 Å². The fourth-order valence-electron chi connectivity index (χ4n) is 13.2. The molecule has 6 aliphatic rings. The Morgan fingerprint density at radius 3 is 2.00 bits per heavy atom. The average molecular weight is 635 g/mol. The number of carboxylic acids is 1. The fourth-order valence-corrected chi connectivity index (χ4v) is 13.2. The number of hydrogen-bond donors (Lipinski definition) is 6. The summed E-state index contributed by atoms with van der Waals surface area (Å²) in [5, 5.41) is 62.1. The predicted molar refractivity (Wildman–Crippen MR) is 167 cm³/mol. The summed E-state index contributed by atoms with van der Waals surface area (Å²) < 4.78 is 11.8. The van der Waals surface area contributed by atoms with Crippen molar-refractivity contribution in [1.29, 1.82) is 0 Å². The molecule has 0 aromatic carbocycles. The van der Waals surface area contributed by atoms with Crippen molar-refractivity contribution in [3.05, 3.63) is 12.2 Å². The van der Waals surface area contributed by atoms with Crippen molar-refractivity contribution in [3.63, 3.8) is 0 Å². The Balaban J connectivity index is 1.25. The van der Waals surface area contributed by atoms with E-state index >= 15 is 0 Å². The van der Waals surface area contributed by atoms with Crippen LogP contribution in [0.2, 0.25) is 0 Å². The minimum atomic E-state index is -1.50. The first kappa shape index (κ1) is 33.8. The van der Waals surface area contributed by atoms with E-state index in [1.54, 1.807) is 0 Å². The summed E-state index contributed by atoms with van der Waals surface area (Å²) in [5.41, 5.74) is 0.113. The van der Waals surface area contributed by atoms with Gasteiger partial charge >= 0.3 is 5.97 Å². The van der Waals surface area contributed by atoms with Gasteiger partial charge in [0.1, 0.15) is 24.4 Å². The molecule has 5 aliphatic carbocycles. The van der Waals surface area contributed by atoms with Crippen molar-refractivity contribution in [2.45, 2.75) is 136 Å². The van der Waals surface area contributed by atoms with Crippen molar-refractivity contribution >= 4 is 5.97 Å². The molecule has 16 atom stereocenters. The summed E-state index contributed by atoms with van der Waals surface area (Å²) in [5.74, 6) is 0.775. The summed E-state index contributed by atoms with van der Waals surface area (Å²) in [6.45, 7) is 15.7. The number of rotatable bonds is 6. The highest BCUT2D eigenvalue weighted by Gasteiger charge is 2.71. The summed E-state index contributed by atoms with van der Waals surface area (Å²) in [4.78, 5) is 11.9. The maximum Gasteiger partial charge on any atom is 0.331 e. The van der Waals surface area contributed by atoms with Crippen molar-refractivity contribution in [2.24, 2.45) is 56.7 Å². The monoisotopic (exact) mass is 634 g/mol. The minimum absolute atomic E-state index is 0.0265. The Labute approximate surface area is 268 Å². The molecule has 6 fully saturated rings. The van der Waals surface area contributed by atoms with Gasteiger partial charge in [0.05, 0.1) is 19.3 Å². The molecule has 6 N–H and O–H groups in total. The third kappa shape index (κ3) is 4.61. The Morgan fingerprint density at radius 1 is 0.778 bits per heavy atom. The normalized spacial score (nSPS) is 56.0. The van der Waals surface area contributed by atoms with E-state index in [0.29, 0.717) is 29.7 Å². The van der Waals surface area contributed by atoms with E-state index in [0.717, 1.165) is 57.8 Å². The largest absolute Gasteiger partial charge is 0.478 e. The summed E-state index contributed by atoms with van der Waals surface area (Å²) in [6, 6.07) is 0. The molecule has 0 amide bonds. The lowest BCUT2D eigenvalue weighted by Gasteiger charge is -2.73. The summed E-state index contributed by atoms with van der Waals surface area (Å²) in [6.07, 6.45) is 2.74. The van der Waals surface area contributed by atoms with Gasteiger partial charge in [-0.05, 0) is 115 Å². The molecule has 0 bridgehead atoms. The van der Waals surface area contributed by atoms with Gasteiger partial charge in [-0.2, -0.15) is 0 Å². The second kappa shape index (κ2) is 11.2. The second-order valence-electron chi connectivity index (χ2n) is 17.3.